The van der Waals surface area contributed by atoms with Gasteiger partial charge in [-0.25, -0.2) is 0 Å². The van der Waals surface area contributed by atoms with Crippen molar-refractivity contribution >= 4 is 23.1 Å². The van der Waals surface area contributed by atoms with Crippen LogP contribution in [0.1, 0.15) is 19.3 Å². The molecular formula is C20H21N3OS. The Kier molecular flexibility index (Phi) is 4.51. The van der Waals surface area contributed by atoms with E-state index in [0.29, 0.717) is 10.2 Å². The Morgan fingerprint density at radius 1 is 0.880 bits per heavy atom. The van der Waals surface area contributed by atoms with E-state index in [-0.39, 0.29) is 5.56 Å². The normalized spacial score (nSPS) is 15.5. The van der Waals surface area contributed by atoms with Crippen LogP contribution in [-0.4, -0.2) is 27.1 Å². The average Bonchev–Trinajstić information content (AvgIpc) is 2.67. The molecule has 0 aliphatic carbocycles. The largest absolute Gasteiger partial charge is 0.304 e. The molecule has 0 amide bonds. The van der Waals surface area contributed by atoms with Gasteiger partial charge in [-0.15, -0.1) is 0 Å². The second kappa shape index (κ2) is 6.94. The topological polar surface area (TPSA) is 30.2 Å². The minimum Gasteiger partial charge on any atom is -0.304 e. The van der Waals surface area contributed by atoms with Crippen LogP contribution in [0.15, 0.2) is 59.4 Å². The van der Waals surface area contributed by atoms with Crippen LogP contribution in [-0.2, 0) is 6.67 Å². The molecule has 2 heterocycles. The molecule has 1 saturated heterocycles. The lowest BCUT2D eigenvalue weighted by atomic mass is 10.1. The minimum absolute atomic E-state index is 0.0540. The van der Waals surface area contributed by atoms with Gasteiger partial charge in [0.1, 0.15) is 0 Å². The summed E-state index contributed by atoms with van der Waals surface area (Å²) < 4.78 is 4.31. The Hall–Kier alpha value is -2.24. The van der Waals surface area contributed by atoms with Gasteiger partial charge in [-0.2, -0.15) is 0 Å². The number of likely N-dealkylation sites (tertiary alicyclic amines) is 1. The first-order valence-electron chi connectivity index (χ1n) is 8.78. The summed E-state index contributed by atoms with van der Waals surface area (Å²) in [7, 11) is 0. The zero-order valence-corrected chi connectivity index (χ0v) is 14.9. The SMILES string of the molecule is O=c1c2ccccc2n(CN2CCCCC2)c(=S)n1-c1ccccc1. The summed E-state index contributed by atoms with van der Waals surface area (Å²) in [5, 5.41) is 0.706. The van der Waals surface area contributed by atoms with Gasteiger partial charge in [0, 0.05) is 0 Å². The first kappa shape index (κ1) is 16.2. The smallest absolute Gasteiger partial charge is 0.266 e. The van der Waals surface area contributed by atoms with Crippen molar-refractivity contribution in [1.29, 1.82) is 0 Å². The van der Waals surface area contributed by atoms with Crippen LogP contribution in [0, 0.1) is 4.77 Å². The van der Waals surface area contributed by atoms with Crippen molar-refractivity contribution in [3.63, 3.8) is 0 Å². The molecule has 0 unspecified atom stereocenters. The zero-order valence-electron chi connectivity index (χ0n) is 14.1. The Balaban J connectivity index is 1.94. The number of nitrogens with zero attached hydrogens (tertiary/aromatic N) is 3. The molecule has 0 saturated carbocycles. The molecule has 128 valence electrons. The van der Waals surface area contributed by atoms with E-state index in [1.807, 2.05) is 54.6 Å². The van der Waals surface area contributed by atoms with Crippen molar-refractivity contribution in [2.75, 3.05) is 13.1 Å². The molecule has 1 aliphatic rings. The Bertz CT molecular complexity index is 1000. The van der Waals surface area contributed by atoms with Gasteiger partial charge in [-0.05, 0) is 62.4 Å². The lowest BCUT2D eigenvalue weighted by Gasteiger charge is -2.28. The highest BCUT2D eigenvalue weighted by molar-refractivity contribution is 7.71. The minimum atomic E-state index is -0.0540. The standard InChI is InChI=1S/C20H21N3OS/c24-19-17-11-5-6-12-18(17)22(15-21-13-7-2-8-14-21)20(25)23(19)16-9-3-1-4-10-16/h1,3-6,9-12H,2,7-8,13-15H2. The van der Waals surface area contributed by atoms with E-state index < -0.39 is 0 Å². The van der Waals surface area contributed by atoms with Crippen molar-refractivity contribution < 1.29 is 0 Å². The summed E-state index contributed by atoms with van der Waals surface area (Å²) in [6.45, 7) is 2.90. The van der Waals surface area contributed by atoms with Crippen molar-refractivity contribution in [3.05, 3.63) is 69.7 Å². The number of fused-ring (bicyclic) bond motifs is 1. The van der Waals surface area contributed by atoms with Crippen LogP contribution in [0.25, 0.3) is 16.6 Å². The van der Waals surface area contributed by atoms with Crippen LogP contribution in [0.3, 0.4) is 0 Å². The van der Waals surface area contributed by atoms with Crippen molar-refractivity contribution in [1.82, 2.24) is 14.0 Å². The van der Waals surface area contributed by atoms with Gasteiger partial charge in [0.05, 0.1) is 23.3 Å². The second-order valence-corrected chi connectivity index (χ2v) is 6.89. The fraction of sp³-hybridized carbons (Fsp3) is 0.300. The number of rotatable bonds is 3. The molecule has 1 fully saturated rings. The molecule has 0 spiro atoms. The summed E-state index contributed by atoms with van der Waals surface area (Å²) in [5.41, 5.74) is 1.67. The molecule has 5 heteroatoms. The van der Waals surface area contributed by atoms with E-state index in [4.69, 9.17) is 12.2 Å². The van der Waals surface area contributed by atoms with E-state index in [1.54, 1.807) is 4.57 Å². The van der Waals surface area contributed by atoms with E-state index in [1.165, 1.54) is 19.3 Å². The van der Waals surface area contributed by atoms with Gasteiger partial charge in [0.15, 0.2) is 4.77 Å². The summed E-state index contributed by atoms with van der Waals surface area (Å²) in [6, 6.07) is 17.4. The van der Waals surface area contributed by atoms with Crippen LogP contribution in [0.4, 0.5) is 0 Å². The van der Waals surface area contributed by atoms with Gasteiger partial charge < -0.3 is 4.57 Å². The van der Waals surface area contributed by atoms with E-state index in [2.05, 4.69) is 9.47 Å². The number of aromatic nitrogens is 2. The third-order valence-corrected chi connectivity index (χ3v) is 5.26. The van der Waals surface area contributed by atoms with Gasteiger partial charge in [-0.3, -0.25) is 14.3 Å². The molecule has 0 radical (unpaired) electrons. The van der Waals surface area contributed by atoms with Crippen LogP contribution in [0.5, 0.6) is 0 Å². The summed E-state index contributed by atoms with van der Waals surface area (Å²) in [6.07, 6.45) is 3.75. The highest BCUT2D eigenvalue weighted by Gasteiger charge is 2.15. The molecule has 0 bridgehead atoms. The predicted molar refractivity (Wildman–Crippen MR) is 104 cm³/mol. The quantitative estimate of drug-likeness (QED) is 0.669. The zero-order chi connectivity index (χ0) is 17.2. The fourth-order valence-corrected chi connectivity index (χ4v) is 3.91. The molecule has 0 N–H and O–H groups in total. The van der Waals surface area contributed by atoms with Gasteiger partial charge >= 0.3 is 0 Å². The molecule has 4 nitrogen and oxygen atoms in total. The molecule has 0 atom stereocenters. The third kappa shape index (κ3) is 3.05. The maximum Gasteiger partial charge on any atom is 0.266 e. The number of para-hydroxylation sites is 2. The Morgan fingerprint density at radius 2 is 1.56 bits per heavy atom. The van der Waals surface area contributed by atoms with Crippen molar-refractivity contribution in [2.24, 2.45) is 0 Å². The van der Waals surface area contributed by atoms with Crippen molar-refractivity contribution in [2.45, 2.75) is 25.9 Å². The first-order valence-corrected chi connectivity index (χ1v) is 9.19. The lowest BCUT2D eigenvalue weighted by molar-refractivity contribution is 0.182. The molecule has 1 aromatic heterocycles. The summed E-state index contributed by atoms with van der Waals surface area (Å²) in [4.78, 5) is 15.5. The predicted octanol–water partition coefficient (Wildman–Crippen LogP) is 3.97. The Morgan fingerprint density at radius 3 is 2.32 bits per heavy atom. The first-order chi connectivity index (χ1) is 12.3. The third-order valence-electron chi connectivity index (χ3n) is 4.86. The molecular weight excluding hydrogens is 330 g/mol. The Labute approximate surface area is 151 Å². The van der Waals surface area contributed by atoms with E-state index in [9.17, 15) is 4.79 Å². The molecule has 25 heavy (non-hydrogen) atoms. The van der Waals surface area contributed by atoms with E-state index >= 15 is 0 Å². The molecule has 1 aliphatic heterocycles. The van der Waals surface area contributed by atoms with Crippen LogP contribution >= 0.6 is 12.2 Å². The summed E-state index contributed by atoms with van der Waals surface area (Å²) in [5.74, 6) is 0. The maximum absolute atomic E-state index is 13.1. The number of hydrogen-bond acceptors (Lipinski definition) is 3. The maximum atomic E-state index is 13.1. The average molecular weight is 351 g/mol. The van der Waals surface area contributed by atoms with Crippen LogP contribution < -0.4 is 5.56 Å². The molecule has 2 aromatic carbocycles. The summed E-state index contributed by atoms with van der Waals surface area (Å²) >= 11 is 5.76. The van der Waals surface area contributed by atoms with Gasteiger partial charge in [-0.1, -0.05) is 36.8 Å². The lowest BCUT2D eigenvalue weighted by Crippen LogP contribution is -2.34. The number of hydrogen-bond donors (Lipinski definition) is 0. The molecule has 4 rings (SSSR count). The monoisotopic (exact) mass is 351 g/mol. The fourth-order valence-electron chi connectivity index (χ4n) is 3.56. The van der Waals surface area contributed by atoms with Gasteiger partial charge in [0.25, 0.3) is 5.56 Å². The highest BCUT2D eigenvalue weighted by Crippen LogP contribution is 2.17. The van der Waals surface area contributed by atoms with E-state index in [0.717, 1.165) is 31.0 Å². The number of benzene rings is 2. The number of piperidine rings is 1. The van der Waals surface area contributed by atoms with Gasteiger partial charge in [0.2, 0.25) is 0 Å². The highest BCUT2D eigenvalue weighted by atomic mass is 32.1. The van der Waals surface area contributed by atoms with Crippen LogP contribution in [0.2, 0.25) is 0 Å². The molecule has 3 aromatic rings. The van der Waals surface area contributed by atoms with Crippen molar-refractivity contribution in [3.8, 4) is 5.69 Å². The second-order valence-electron chi connectivity index (χ2n) is 6.52.